The number of rotatable bonds is 2. The molecule has 3 unspecified atom stereocenters. The first-order valence-corrected chi connectivity index (χ1v) is 7.90. The predicted molar refractivity (Wildman–Crippen MR) is 78.0 cm³/mol. The lowest BCUT2D eigenvalue weighted by molar-refractivity contribution is 0.00240. The Morgan fingerprint density at radius 3 is 2.58 bits per heavy atom. The van der Waals surface area contributed by atoms with Gasteiger partial charge in [-0.25, -0.2) is 0 Å². The summed E-state index contributed by atoms with van der Waals surface area (Å²) in [4.78, 5) is 2.46. The number of nitrogens with zero attached hydrogens (tertiary/aromatic N) is 1. The van der Waals surface area contributed by atoms with Crippen LogP contribution in [0, 0.1) is 11.3 Å². The van der Waals surface area contributed by atoms with E-state index in [4.69, 9.17) is 0 Å². The molecule has 1 heterocycles. The van der Waals surface area contributed by atoms with Gasteiger partial charge in [-0.1, -0.05) is 13.8 Å². The summed E-state index contributed by atoms with van der Waals surface area (Å²) in [6.07, 6.45) is 5.92. The Morgan fingerprint density at radius 1 is 1.11 bits per heavy atom. The van der Waals surface area contributed by atoms with Crippen LogP contribution >= 0.6 is 0 Å². The third-order valence-electron chi connectivity index (χ3n) is 5.12. The van der Waals surface area contributed by atoms with Gasteiger partial charge in [0.25, 0.3) is 0 Å². The summed E-state index contributed by atoms with van der Waals surface area (Å²) in [6.45, 7) is 9.63. The van der Waals surface area contributed by atoms with Crippen molar-refractivity contribution < 1.29 is 10.2 Å². The molecule has 1 saturated carbocycles. The first-order valence-electron chi connectivity index (χ1n) is 7.90. The van der Waals surface area contributed by atoms with Crippen molar-refractivity contribution in [2.24, 2.45) is 11.3 Å². The molecule has 2 aliphatic rings. The van der Waals surface area contributed by atoms with Crippen molar-refractivity contribution in [1.29, 1.82) is 0 Å². The fraction of sp³-hybridized carbons (Fsp3) is 1.00. The van der Waals surface area contributed by atoms with E-state index in [1.807, 2.05) is 6.92 Å². The quantitative estimate of drug-likeness (QED) is 0.809. The Bertz CT molecular complexity index is 301. The Balaban J connectivity index is 1.89. The minimum atomic E-state index is -0.487. The third kappa shape index (κ3) is 4.44. The number of hydrogen-bond donors (Lipinski definition) is 2. The molecule has 0 spiro atoms. The van der Waals surface area contributed by atoms with E-state index in [-0.39, 0.29) is 6.10 Å². The summed E-state index contributed by atoms with van der Waals surface area (Å²) in [5.41, 5.74) is -0.111. The molecule has 3 atom stereocenters. The Hall–Kier alpha value is -0.120. The first-order chi connectivity index (χ1) is 8.77. The highest BCUT2D eigenvalue weighted by molar-refractivity contribution is 4.88. The maximum Gasteiger partial charge on any atom is 0.0632 e. The smallest absolute Gasteiger partial charge is 0.0632 e. The molecule has 2 fully saturated rings. The maximum absolute atomic E-state index is 10.2. The van der Waals surface area contributed by atoms with Gasteiger partial charge in [0.05, 0.1) is 11.7 Å². The average Bonchev–Trinajstić information content (AvgIpc) is 2.46. The zero-order valence-corrected chi connectivity index (χ0v) is 12.9. The van der Waals surface area contributed by atoms with Crippen molar-refractivity contribution in [1.82, 2.24) is 4.90 Å². The summed E-state index contributed by atoms with van der Waals surface area (Å²) >= 11 is 0. The summed E-state index contributed by atoms with van der Waals surface area (Å²) in [7, 11) is 0. The Labute approximate surface area is 118 Å². The van der Waals surface area contributed by atoms with Crippen molar-refractivity contribution in [3.8, 4) is 0 Å². The minimum absolute atomic E-state index is 0.128. The molecule has 19 heavy (non-hydrogen) atoms. The van der Waals surface area contributed by atoms with E-state index < -0.39 is 5.60 Å². The van der Waals surface area contributed by atoms with Crippen molar-refractivity contribution in [2.75, 3.05) is 19.6 Å². The molecule has 1 aliphatic carbocycles. The molecule has 2 N–H and O–H groups in total. The molecule has 112 valence electrons. The van der Waals surface area contributed by atoms with Crippen molar-refractivity contribution >= 4 is 0 Å². The Morgan fingerprint density at radius 2 is 1.84 bits per heavy atom. The van der Waals surface area contributed by atoms with E-state index in [2.05, 4.69) is 18.7 Å². The number of hydrogen-bond acceptors (Lipinski definition) is 3. The summed E-state index contributed by atoms with van der Waals surface area (Å²) in [5, 5.41) is 20.4. The van der Waals surface area contributed by atoms with Crippen LogP contribution < -0.4 is 0 Å². The second-order valence-corrected chi connectivity index (χ2v) is 7.89. The summed E-state index contributed by atoms with van der Waals surface area (Å²) in [6, 6.07) is 0. The molecule has 0 amide bonds. The lowest BCUT2D eigenvalue weighted by atomic mass is 9.70. The number of aliphatic hydroxyl groups excluding tert-OH is 1. The van der Waals surface area contributed by atoms with Crippen molar-refractivity contribution in [3.63, 3.8) is 0 Å². The van der Waals surface area contributed by atoms with Gasteiger partial charge in [0, 0.05) is 13.1 Å². The van der Waals surface area contributed by atoms with Crippen LogP contribution in [0.2, 0.25) is 0 Å². The average molecular weight is 269 g/mol. The van der Waals surface area contributed by atoms with E-state index in [0.29, 0.717) is 11.3 Å². The normalized spacial score (nSPS) is 40.9. The maximum atomic E-state index is 10.2. The predicted octanol–water partition coefficient (Wildman–Crippen LogP) is 2.41. The van der Waals surface area contributed by atoms with E-state index in [1.54, 1.807) is 0 Å². The minimum Gasteiger partial charge on any atom is -0.393 e. The van der Waals surface area contributed by atoms with Gasteiger partial charge in [-0.3, -0.25) is 0 Å². The molecule has 0 aromatic heterocycles. The van der Waals surface area contributed by atoms with E-state index >= 15 is 0 Å². The van der Waals surface area contributed by atoms with Gasteiger partial charge in [-0.2, -0.15) is 0 Å². The standard InChI is InChI=1S/C16H31NO2/c1-15(2)7-5-14(18)13(11-15)12-17-9-4-6-16(3,19)8-10-17/h13-14,18-19H,4-12H2,1-3H3. The molecule has 0 radical (unpaired) electrons. The zero-order valence-electron chi connectivity index (χ0n) is 12.9. The molecule has 0 aromatic carbocycles. The topological polar surface area (TPSA) is 43.7 Å². The van der Waals surface area contributed by atoms with Crippen LogP contribution in [0.1, 0.15) is 59.3 Å². The molecule has 3 heteroatoms. The highest BCUT2D eigenvalue weighted by Crippen LogP contribution is 2.39. The highest BCUT2D eigenvalue weighted by Gasteiger charge is 2.35. The molecule has 2 rings (SSSR count). The van der Waals surface area contributed by atoms with E-state index in [9.17, 15) is 10.2 Å². The van der Waals surface area contributed by atoms with Crippen molar-refractivity contribution in [3.05, 3.63) is 0 Å². The fourth-order valence-corrected chi connectivity index (χ4v) is 3.74. The van der Waals surface area contributed by atoms with Gasteiger partial charge >= 0.3 is 0 Å². The summed E-state index contributed by atoms with van der Waals surface area (Å²) in [5.74, 6) is 0.409. The first kappa shape index (κ1) is 15.3. The molecule has 1 saturated heterocycles. The lowest BCUT2D eigenvalue weighted by Crippen LogP contribution is -2.41. The van der Waals surface area contributed by atoms with Gasteiger partial charge in [0.15, 0.2) is 0 Å². The Kier molecular flexibility index (Phi) is 4.59. The molecule has 0 bridgehead atoms. The van der Waals surface area contributed by atoms with Gasteiger partial charge < -0.3 is 15.1 Å². The lowest BCUT2D eigenvalue weighted by Gasteiger charge is -2.40. The number of likely N-dealkylation sites (tertiary alicyclic amines) is 1. The molecule has 0 aromatic rings. The number of aliphatic hydroxyl groups is 2. The fourth-order valence-electron chi connectivity index (χ4n) is 3.74. The molecule has 1 aliphatic heterocycles. The zero-order chi connectivity index (χ0) is 14.1. The monoisotopic (exact) mass is 269 g/mol. The third-order valence-corrected chi connectivity index (χ3v) is 5.12. The summed E-state index contributed by atoms with van der Waals surface area (Å²) < 4.78 is 0. The molecule has 3 nitrogen and oxygen atoms in total. The van der Waals surface area contributed by atoms with Crippen LogP contribution in [-0.2, 0) is 0 Å². The van der Waals surface area contributed by atoms with Gasteiger partial charge in [0.2, 0.25) is 0 Å². The van der Waals surface area contributed by atoms with Gasteiger partial charge in [-0.05, 0) is 63.3 Å². The van der Waals surface area contributed by atoms with Crippen LogP contribution in [0.3, 0.4) is 0 Å². The second-order valence-electron chi connectivity index (χ2n) is 7.89. The van der Waals surface area contributed by atoms with Crippen LogP contribution in [-0.4, -0.2) is 46.5 Å². The molecular formula is C16H31NO2. The van der Waals surface area contributed by atoms with Crippen LogP contribution in [0.25, 0.3) is 0 Å². The SMILES string of the molecule is CC1(C)CCC(O)C(CN2CCCC(C)(O)CC2)C1. The molecular weight excluding hydrogens is 238 g/mol. The highest BCUT2D eigenvalue weighted by atomic mass is 16.3. The van der Waals surface area contributed by atoms with Crippen LogP contribution in [0.5, 0.6) is 0 Å². The van der Waals surface area contributed by atoms with Crippen LogP contribution in [0.4, 0.5) is 0 Å². The van der Waals surface area contributed by atoms with E-state index in [0.717, 1.165) is 58.2 Å². The van der Waals surface area contributed by atoms with Gasteiger partial charge in [-0.15, -0.1) is 0 Å². The van der Waals surface area contributed by atoms with Gasteiger partial charge in [0.1, 0.15) is 0 Å². The van der Waals surface area contributed by atoms with E-state index in [1.165, 1.54) is 0 Å². The van der Waals surface area contributed by atoms with Crippen molar-refractivity contribution in [2.45, 2.75) is 71.0 Å². The second kappa shape index (κ2) is 5.71. The van der Waals surface area contributed by atoms with Crippen LogP contribution in [0.15, 0.2) is 0 Å². The largest absolute Gasteiger partial charge is 0.393 e.